The monoisotopic (exact) mass is 258 g/mol. The third-order valence-corrected chi connectivity index (χ3v) is 3.51. The molecule has 0 bridgehead atoms. The van der Waals surface area contributed by atoms with Gasteiger partial charge in [-0.1, -0.05) is 0 Å². The minimum Gasteiger partial charge on any atom is -0.383 e. The Morgan fingerprint density at radius 3 is 2.44 bits per heavy atom. The molecule has 1 rings (SSSR count). The zero-order valence-electron chi connectivity index (χ0n) is 12.0. The van der Waals surface area contributed by atoms with Crippen molar-refractivity contribution in [1.82, 2.24) is 10.6 Å². The van der Waals surface area contributed by atoms with Gasteiger partial charge in [0.1, 0.15) is 0 Å². The third kappa shape index (κ3) is 7.31. The highest BCUT2D eigenvalue weighted by molar-refractivity contribution is 4.80. The zero-order valence-corrected chi connectivity index (χ0v) is 12.0. The van der Waals surface area contributed by atoms with E-state index in [9.17, 15) is 0 Å². The van der Waals surface area contributed by atoms with E-state index in [2.05, 4.69) is 17.6 Å². The average molecular weight is 258 g/mol. The lowest BCUT2D eigenvalue weighted by molar-refractivity contribution is -0.0262. The molecule has 0 aromatic carbocycles. The van der Waals surface area contributed by atoms with Crippen molar-refractivity contribution in [3.05, 3.63) is 0 Å². The lowest BCUT2D eigenvalue weighted by atomic mass is 9.80. The van der Waals surface area contributed by atoms with Gasteiger partial charge in [-0.2, -0.15) is 0 Å². The highest BCUT2D eigenvalue weighted by atomic mass is 16.5. The highest BCUT2D eigenvalue weighted by Crippen LogP contribution is 2.32. The van der Waals surface area contributed by atoms with Crippen LogP contribution < -0.4 is 10.6 Å². The van der Waals surface area contributed by atoms with Crippen LogP contribution in [-0.2, 0) is 9.47 Å². The van der Waals surface area contributed by atoms with E-state index in [-0.39, 0.29) is 0 Å². The second kappa shape index (κ2) is 10.7. The van der Waals surface area contributed by atoms with E-state index in [0.717, 1.165) is 45.3 Å². The number of rotatable bonds is 12. The van der Waals surface area contributed by atoms with Crippen molar-refractivity contribution in [1.29, 1.82) is 0 Å². The second-order valence-electron chi connectivity index (χ2n) is 5.05. The molecule has 1 aliphatic rings. The molecule has 0 aromatic rings. The molecule has 0 saturated heterocycles. The molecule has 1 fully saturated rings. The molecule has 0 amide bonds. The smallest absolute Gasteiger partial charge is 0.0587 e. The molecule has 0 spiro atoms. The molecule has 4 nitrogen and oxygen atoms in total. The van der Waals surface area contributed by atoms with Gasteiger partial charge >= 0.3 is 0 Å². The number of methoxy groups -OCH3 is 1. The SMILES string of the molecule is CCOC1CC(CCNCCCNCCOC)C1. The Labute approximate surface area is 112 Å². The summed E-state index contributed by atoms with van der Waals surface area (Å²) < 4.78 is 10.5. The number of hydrogen-bond donors (Lipinski definition) is 2. The summed E-state index contributed by atoms with van der Waals surface area (Å²) in [6.07, 6.45) is 5.60. The van der Waals surface area contributed by atoms with Gasteiger partial charge in [-0.3, -0.25) is 0 Å². The van der Waals surface area contributed by atoms with Crippen LogP contribution in [0.4, 0.5) is 0 Å². The van der Waals surface area contributed by atoms with E-state index in [1.54, 1.807) is 7.11 Å². The first-order valence-corrected chi connectivity index (χ1v) is 7.38. The van der Waals surface area contributed by atoms with Crippen molar-refractivity contribution in [3.8, 4) is 0 Å². The van der Waals surface area contributed by atoms with Crippen LogP contribution in [0.5, 0.6) is 0 Å². The Kier molecular flexibility index (Phi) is 9.48. The van der Waals surface area contributed by atoms with Crippen LogP contribution in [0.1, 0.15) is 32.6 Å². The summed E-state index contributed by atoms with van der Waals surface area (Å²) >= 11 is 0. The molecule has 0 unspecified atom stereocenters. The fraction of sp³-hybridized carbons (Fsp3) is 1.00. The summed E-state index contributed by atoms with van der Waals surface area (Å²) in [7, 11) is 1.74. The Morgan fingerprint density at radius 2 is 1.78 bits per heavy atom. The predicted molar refractivity (Wildman–Crippen MR) is 75.0 cm³/mol. The van der Waals surface area contributed by atoms with Gasteiger partial charge in [-0.05, 0) is 58.2 Å². The normalized spacial score (nSPS) is 23.0. The summed E-state index contributed by atoms with van der Waals surface area (Å²) in [6.45, 7) is 8.05. The Balaban J connectivity index is 1.72. The van der Waals surface area contributed by atoms with Crippen LogP contribution >= 0.6 is 0 Å². The van der Waals surface area contributed by atoms with E-state index in [1.165, 1.54) is 25.7 Å². The summed E-state index contributed by atoms with van der Waals surface area (Å²) in [6, 6.07) is 0. The summed E-state index contributed by atoms with van der Waals surface area (Å²) in [5.74, 6) is 0.897. The van der Waals surface area contributed by atoms with Crippen LogP contribution in [0, 0.1) is 5.92 Å². The van der Waals surface area contributed by atoms with Gasteiger partial charge in [0.05, 0.1) is 12.7 Å². The fourth-order valence-electron chi connectivity index (χ4n) is 2.35. The molecule has 1 aliphatic carbocycles. The highest BCUT2D eigenvalue weighted by Gasteiger charge is 2.28. The fourth-order valence-corrected chi connectivity index (χ4v) is 2.35. The number of hydrogen-bond acceptors (Lipinski definition) is 4. The van der Waals surface area contributed by atoms with Crippen molar-refractivity contribution >= 4 is 0 Å². The summed E-state index contributed by atoms with van der Waals surface area (Å²) in [5.41, 5.74) is 0. The van der Waals surface area contributed by atoms with Gasteiger partial charge in [0.2, 0.25) is 0 Å². The first-order valence-electron chi connectivity index (χ1n) is 7.38. The Hall–Kier alpha value is -0.160. The third-order valence-electron chi connectivity index (χ3n) is 3.51. The van der Waals surface area contributed by atoms with Crippen molar-refractivity contribution in [2.24, 2.45) is 5.92 Å². The Bertz CT molecular complexity index is 185. The molecule has 1 saturated carbocycles. The van der Waals surface area contributed by atoms with Gasteiger partial charge in [0.15, 0.2) is 0 Å². The van der Waals surface area contributed by atoms with E-state index in [0.29, 0.717) is 6.10 Å². The van der Waals surface area contributed by atoms with E-state index in [1.807, 2.05) is 0 Å². The number of ether oxygens (including phenoxy) is 2. The molecule has 2 N–H and O–H groups in total. The zero-order chi connectivity index (χ0) is 13.1. The summed E-state index contributed by atoms with van der Waals surface area (Å²) in [4.78, 5) is 0. The maximum absolute atomic E-state index is 5.56. The molecular formula is C14H30N2O2. The van der Waals surface area contributed by atoms with Crippen molar-refractivity contribution in [3.63, 3.8) is 0 Å². The van der Waals surface area contributed by atoms with E-state index >= 15 is 0 Å². The maximum atomic E-state index is 5.56. The van der Waals surface area contributed by atoms with Crippen LogP contribution in [0.25, 0.3) is 0 Å². The first-order chi connectivity index (χ1) is 8.86. The molecular weight excluding hydrogens is 228 g/mol. The van der Waals surface area contributed by atoms with Gasteiger partial charge in [-0.25, -0.2) is 0 Å². The minimum absolute atomic E-state index is 0.560. The van der Waals surface area contributed by atoms with Crippen molar-refractivity contribution in [2.45, 2.75) is 38.7 Å². The van der Waals surface area contributed by atoms with Gasteiger partial charge < -0.3 is 20.1 Å². The van der Waals surface area contributed by atoms with Crippen LogP contribution in [0.2, 0.25) is 0 Å². The molecule has 18 heavy (non-hydrogen) atoms. The van der Waals surface area contributed by atoms with Crippen LogP contribution in [0.15, 0.2) is 0 Å². The van der Waals surface area contributed by atoms with Crippen molar-refractivity contribution in [2.75, 3.05) is 46.5 Å². The average Bonchev–Trinajstić information content (AvgIpc) is 2.33. The largest absolute Gasteiger partial charge is 0.383 e. The second-order valence-corrected chi connectivity index (χ2v) is 5.05. The van der Waals surface area contributed by atoms with Crippen LogP contribution in [-0.4, -0.2) is 52.6 Å². The molecule has 0 heterocycles. The number of nitrogens with one attached hydrogen (secondary N) is 2. The molecule has 108 valence electrons. The van der Waals surface area contributed by atoms with Gasteiger partial charge in [0.25, 0.3) is 0 Å². The molecule has 0 radical (unpaired) electrons. The predicted octanol–water partition coefficient (Wildman–Crippen LogP) is 1.41. The standard InChI is InChI=1S/C14H30N2O2/c1-3-18-14-11-13(12-14)5-8-15-6-4-7-16-9-10-17-2/h13-16H,3-12H2,1-2H3. The first kappa shape index (κ1) is 15.9. The molecule has 0 aromatic heterocycles. The Morgan fingerprint density at radius 1 is 1.06 bits per heavy atom. The minimum atomic E-state index is 0.560. The lowest BCUT2D eigenvalue weighted by Gasteiger charge is -2.35. The van der Waals surface area contributed by atoms with E-state index in [4.69, 9.17) is 9.47 Å². The van der Waals surface area contributed by atoms with Gasteiger partial charge in [-0.15, -0.1) is 0 Å². The molecule has 0 aliphatic heterocycles. The quantitative estimate of drug-likeness (QED) is 0.519. The van der Waals surface area contributed by atoms with Crippen LogP contribution in [0.3, 0.4) is 0 Å². The molecule has 0 atom stereocenters. The van der Waals surface area contributed by atoms with Crippen molar-refractivity contribution < 1.29 is 9.47 Å². The topological polar surface area (TPSA) is 42.5 Å². The summed E-state index contributed by atoms with van der Waals surface area (Å²) in [5, 5.41) is 6.86. The maximum Gasteiger partial charge on any atom is 0.0587 e. The van der Waals surface area contributed by atoms with E-state index < -0.39 is 0 Å². The molecule has 4 heteroatoms. The van der Waals surface area contributed by atoms with Gasteiger partial charge in [0, 0.05) is 20.3 Å². The lowest BCUT2D eigenvalue weighted by Crippen LogP contribution is -2.33.